The number of rotatable bonds is 2. The predicted molar refractivity (Wildman–Crippen MR) is 72.9 cm³/mol. The molecule has 0 spiro atoms. The third-order valence-electron chi connectivity index (χ3n) is 3.64. The van der Waals surface area contributed by atoms with Crippen molar-refractivity contribution in [2.75, 3.05) is 24.3 Å². The molecule has 0 atom stereocenters. The van der Waals surface area contributed by atoms with Gasteiger partial charge in [-0.1, -0.05) is 6.07 Å². The van der Waals surface area contributed by atoms with Gasteiger partial charge in [0.25, 0.3) is 0 Å². The number of nitrogen functional groups attached to an aromatic ring is 1. The summed E-state index contributed by atoms with van der Waals surface area (Å²) in [5.41, 5.74) is 8.08. The summed E-state index contributed by atoms with van der Waals surface area (Å²) in [7, 11) is 1.39. The quantitative estimate of drug-likeness (QED) is 0.645. The van der Waals surface area contributed by atoms with Crippen molar-refractivity contribution in [1.82, 2.24) is 0 Å². The van der Waals surface area contributed by atoms with Gasteiger partial charge in [-0.05, 0) is 38.8 Å². The monoisotopic (exact) mass is 248 g/mol. The number of hydrogen-bond donors (Lipinski definition) is 1. The van der Waals surface area contributed by atoms with E-state index < -0.39 is 0 Å². The molecule has 1 heterocycles. The van der Waals surface area contributed by atoms with Crippen LogP contribution in [0.1, 0.15) is 37.0 Å². The summed E-state index contributed by atoms with van der Waals surface area (Å²) in [6.07, 6.45) is 2.21. The van der Waals surface area contributed by atoms with E-state index in [0.717, 1.165) is 25.1 Å². The number of nitrogens with two attached hydrogens (primary N) is 1. The van der Waals surface area contributed by atoms with Crippen LogP contribution in [0.15, 0.2) is 18.2 Å². The Kier molecular flexibility index (Phi) is 3.20. The van der Waals surface area contributed by atoms with E-state index in [1.54, 1.807) is 12.1 Å². The van der Waals surface area contributed by atoms with Crippen molar-refractivity contribution in [1.29, 1.82) is 0 Å². The van der Waals surface area contributed by atoms with E-state index in [0.29, 0.717) is 11.3 Å². The smallest absolute Gasteiger partial charge is 0.340 e. The third-order valence-corrected chi connectivity index (χ3v) is 3.64. The van der Waals surface area contributed by atoms with E-state index in [2.05, 4.69) is 18.7 Å². The Balaban J connectivity index is 2.52. The first-order valence-electron chi connectivity index (χ1n) is 6.22. The summed E-state index contributed by atoms with van der Waals surface area (Å²) in [5, 5.41) is 0. The van der Waals surface area contributed by atoms with Crippen LogP contribution in [0, 0.1) is 0 Å². The van der Waals surface area contributed by atoms with Gasteiger partial charge < -0.3 is 15.4 Å². The lowest BCUT2D eigenvalue weighted by Crippen LogP contribution is -2.39. The number of ether oxygens (including phenoxy) is 1. The van der Waals surface area contributed by atoms with Crippen LogP contribution in [0.4, 0.5) is 11.4 Å². The average molecular weight is 248 g/mol. The molecule has 0 aromatic heterocycles. The van der Waals surface area contributed by atoms with E-state index in [1.807, 2.05) is 6.07 Å². The van der Waals surface area contributed by atoms with E-state index in [4.69, 9.17) is 10.5 Å². The highest BCUT2D eigenvalue weighted by molar-refractivity contribution is 5.99. The van der Waals surface area contributed by atoms with Gasteiger partial charge in [-0.2, -0.15) is 0 Å². The summed E-state index contributed by atoms with van der Waals surface area (Å²) in [6, 6.07) is 5.39. The Morgan fingerprint density at radius 2 is 2.17 bits per heavy atom. The van der Waals surface area contributed by atoms with Crippen molar-refractivity contribution in [2.45, 2.75) is 32.2 Å². The van der Waals surface area contributed by atoms with Crippen LogP contribution in [0.2, 0.25) is 0 Å². The summed E-state index contributed by atoms with van der Waals surface area (Å²) in [4.78, 5) is 14.1. The van der Waals surface area contributed by atoms with Crippen molar-refractivity contribution in [3.8, 4) is 0 Å². The maximum absolute atomic E-state index is 11.8. The molecule has 0 saturated carbocycles. The Bertz CT molecular complexity index is 469. The van der Waals surface area contributed by atoms with Crippen LogP contribution in [-0.2, 0) is 4.74 Å². The molecule has 2 rings (SSSR count). The molecule has 2 N–H and O–H groups in total. The van der Waals surface area contributed by atoms with Crippen LogP contribution < -0.4 is 10.6 Å². The van der Waals surface area contributed by atoms with Gasteiger partial charge >= 0.3 is 5.97 Å². The summed E-state index contributed by atoms with van der Waals surface area (Å²) in [5.74, 6) is -0.333. The number of para-hydroxylation sites is 1. The number of hydrogen-bond acceptors (Lipinski definition) is 4. The molecule has 4 nitrogen and oxygen atoms in total. The number of esters is 1. The van der Waals surface area contributed by atoms with Crippen molar-refractivity contribution >= 4 is 17.3 Å². The zero-order chi connectivity index (χ0) is 13.3. The van der Waals surface area contributed by atoms with Crippen LogP contribution in [-0.4, -0.2) is 25.2 Å². The molecular formula is C14H20N2O2. The van der Waals surface area contributed by atoms with Crippen LogP contribution >= 0.6 is 0 Å². The highest BCUT2D eigenvalue weighted by Crippen LogP contribution is 2.39. The second-order valence-electron chi connectivity index (χ2n) is 5.30. The van der Waals surface area contributed by atoms with Gasteiger partial charge in [0.15, 0.2) is 0 Å². The van der Waals surface area contributed by atoms with Crippen LogP contribution in [0.5, 0.6) is 0 Å². The van der Waals surface area contributed by atoms with E-state index >= 15 is 0 Å². The highest BCUT2D eigenvalue weighted by Gasteiger charge is 2.35. The Labute approximate surface area is 108 Å². The Morgan fingerprint density at radius 1 is 1.44 bits per heavy atom. The lowest BCUT2D eigenvalue weighted by atomic mass is 10.00. The molecule has 0 aliphatic carbocycles. The Hall–Kier alpha value is -1.71. The molecule has 0 radical (unpaired) electrons. The largest absolute Gasteiger partial charge is 0.465 e. The summed E-state index contributed by atoms with van der Waals surface area (Å²) < 4.78 is 4.84. The predicted octanol–water partition coefficient (Wildman–Crippen LogP) is 2.43. The standard InChI is InChI=1S/C14H20N2O2/c1-14(2)8-5-9-16(14)12-10(13(17)18-3)6-4-7-11(12)15/h4,6-7H,5,8-9,15H2,1-3H3. The first-order chi connectivity index (χ1) is 8.47. The average Bonchev–Trinajstić information content (AvgIpc) is 2.67. The van der Waals surface area contributed by atoms with Gasteiger partial charge in [0, 0.05) is 12.1 Å². The molecule has 1 aliphatic heterocycles. The topological polar surface area (TPSA) is 55.6 Å². The molecule has 1 aromatic carbocycles. The maximum Gasteiger partial charge on any atom is 0.340 e. The lowest BCUT2D eigenvalue weighted by Gasteiger charge is -2.35. The van der Waals surface area contributed by atoms with E-state index in [1.165, 1.54) is 7.11 Å². The minimum absolute atomic E-state index is 0.0260. The van der Waals surface area contributed by atoms with E-state index in [9.17, 15) is 4.79 Å². The van der Waals surface area contributed by atoms with E-state index in [-0.39, 0.29) is 11.5 Å². The van der Waals surface area contributed by atoms with Gasteiger partial charge in [0.05, 0.1) is 24.0 Å². The van der Waals surface area contributed by atoms with Crippen LogP contribution in [0.25, 0.3) is 0 Å². The van der Waals surface area contributed by atoms with Crippen molar-refractivity contribution in [3.05, 3.63) is 23.8 Å². The summed E-state index contributed by atoms with van der Waals surface area (Å²) in [6.45, 7) is 5.27. The number of benzene rings is 1. The number of carbonyl (C=O) groups excluding carboxylic acids is 1. The molecular weight excluding hydrogens is 228 g/mol. The fourth-order valence-corrected chi connectivity index (χ4v) is 2.66. The first kappa shape index (κ1) is 12.7. The minimum Gasteiger partial charge on any atom is -0.465 e. The molecule has 1 fully saturated rings. The molecule has 1 aliphatic rings. The maximum atomic E-state index is 11.8. The van der Waals surface area contributed by atoms with Gasteiger partial charge in [0.2, 0.25) is 0 Å². The third kappa shape index (κ3) is 2.03. The second-order valence-corrected chi connectivity index (χ2v) is 5.30. The lowest BCUT2D eigenvalue weighted by molar-refractivity contribution is 0.0601. The zero-order valence-electron chi connectivity index (χ0n) is 11.2. The van der Waals surface area contributed by atoms with Gasteiger partial charge in [-0.25, -0.2) is 4.79 Å². The van der Waals surface area contributed by atoms with Crippen molar-refractivity contribution < 1.29 is 9.53 Å². The molecule has 0 unspecified atom stereocenters. The van der Waals surface area contributed by atoms with Gasteiger partial charge in [0.1, 0.15) is 0 Å². The molecule has 1 aromatic rings. The van der Waals surface area contributed by atoms with Crippen LogP contribution in [0.3, 0.4) is 0 Å². The molecule has 0 bridgehead atoms. The normalized spacial score (nSPS) is 17.8. The Morgan fingerprint density at radius 3 is 2.72 bits per heavy atom. The summed E-state index contributed by atoms with van der Waals surface area (Å²) >= 11 is 0. The fraction of sp³-hybridized carbons (Fsp3) is 0.500. The van der Waals surface area contributed by atoms with Crippen molar-refractivity contribution in [2.24, 2.45) is 0 Å². The van der Waals surface area contributed by atoms with Gasteiger partial charge in [-0.15, -0.1) is 0 Å². The molecule has 18 heavy (non-hydrogen) atoms. The second kappa shape index (κ2) is 4.52. The SMILES string of the molecule is COC(=O)c1cccc(N)c1N1CCCC1(C)C. The molecule has 98 valence electrons. The molecule has 0 amide bonds. The molecule has 4 heteroatoms. The fourth-order valence-electron chi connectivity index (χ4n) is 2.66. The minimum atomic E-state index is -0.333. The highest BCUT2D eigenvalue weighted by atomic mass is 16.5. The zero-order valence-corrected chi connectivity index (χ0v) is 11.2. The number of methoxy groups -OCH3 is 1. The number of carbonyl (C=O) groups is 1. The van der Waals surface area contributed by atoms with Crippen molar-refractivity contribution in [3.63, 3.8) is 0 Å². The number of nitrogens with zero attached hydrogens (tertiary/aromatic N) is 1. The number of anilines is 2. The first-order valence-corrected chi connectivity index (χ1v) is 6.22. The van der Waals surface area contributed by atoms with Gasteiger partial charge in [-0.3, -0.25) is 0 Å². The molecule has 1 saturated heterocycles.